The predicted octanol–water partition coefficient (Wildman–Crippen LogP) is 3.67. The average molecular weight is 359 g/mol. The standard InChI is InChI=1S/C19H15F2NO4/c1-3-22-9-13(19(24)25)18(23)12-8-14(20)15(16(21)17(12)22)10-5-4-6-11(7-10)26-2/h4-9H,3H2,1-2H3,(H,24,25). The summed E-state index contributed by atoms with van der Waals surface area (Å²) in [5, 5.41) is 8.85. The van der Waals surface area contributed by atoms with Crippen molar-refractivity contribution < 1.29 is 23.4 Å². The van der Waals surface area contributed by atoms with E-state index in [1.165, 1.54) is 23.8 Å². The Hall–Kier alpha value is -3.22. The number of nitrogens with zero attached hydrogens (tertiary/aromatic N) is 1. The number of halogens is 2. The van der Waals surface area contributed by atoms with Gasteiger partial charge in [0.25, 0.3) is 0 Å². The topological polar surface area (TPSA) is 68.5 Å². The van der Waals surface area contributed by atoms with Crippen molar-refractivity contribution >= 4 is 16.9 Å². The number of carbonyl (C=O) groups is 1. The zero-order valence-electron chi connectivity index (χ0n) is 14.0. The molecule has 0 saturated carbocycles. The zero-order chi connectivity index (χ0) is 19.0. The van der Waals surface area contributed by atoms with Gasteiger partial charge in [0, 0.05) is 12.7 Å². The molecule has 1 N–H and O–H groups in total. The second kappa shape index (κ2) is 6.59. The first-order chi connectivity index (χ1) is 12.4. The molecule has 0 saturated heterocycles. The van der Waals surface area contributed by atoms with Crippen molar-refractivity contribution in [1.29, 1.82) is 0 Å². The zero-order valence-corrected chi connectivity index (χ0v) is 14.0. The van der Waals surface area contributed by atoms with Crippen molar-refractivity contribution in [2.75, 3.05) is 7.11 Å². The number of carboxylic acids is 1. The first kappa shape index (κ1) is 17.6. The van der Waals surface area contributed by atoms with Crippen LogP contribution in [0.15, 0.2) is 41.3 Å². The van der Waals surface area contributed by atoms with Crippen LogP contribution in [0.5, 0.6) is 5.75 Å². The van der Waals surface area contributed by atoms with Gasteiger partial charge in [-0.3, -0.25) is 4.79 Å². The molecule has 0 aliphatic rings. The molecule has 1 heterocycles. The monoisotopic (exact) mass is 359 g/mol. The van der Waals surface area contributed by atoms with E-state index in [9.17, 15) is 14.0 Å². The highest BCUT2D eigenvalue weighted by Gasteiger charge is 2.22. The Bertz CT molecular complexity index is 1090. The summed E-state index contributed by atoms with van der Waals surface area (Å²) in [6.45, 7) is 1.88. The summed E-state index contributed by atoms with van der Waals surface area (Å²) >= 11 is 0. The van der Waals surface area contributed by atoms with E-state index < -0.39 is 28.6 Å². The summed E-state index contributed by atoms with van der Waals surface area (Å²) < 4.78 is 36.3. The Labute approximate surface area is 147 Å². The highest BCUT2D eigenvalue weighted by atomic mass is 19.1. The molecule has 0 atom stereocenters. The van der Waals surface area contributed by atoms with Crippen LogP contribution in [0.25, 0.3) is 22.0 Å². The summed E-state index contributed by atoms with van der Waals surface area (Å²) in [4.78, 5) is 23.6. The molecule has 5 nitrogen and oxygen atoms in total. The van der Waals surface area contributed by atoms with E-state index in [1.807, 2.05) is 0 Å². The molecule has 0 spiro atoms. The number of aromatic nitrogens is 1. The lowest BCUT2D eigenvalue weighted by molar-refractivity contribution is 0.0695. The Morgan fingerprint density at radius 2 is 2.00 bits per heavy atom. The third-order valence-electron chi connectivity index (χ3n) is 4.18. The Morgan fingerprint density at radius 1 is 1.27 bits per heavy atom. The van der Waals surface area contributed by atoms with Gasteiger partial charge in [-0.05, 0) is 30.7 Å². The van der Waals surface area contributed by atoms with Crippen molar-refractivity contribution in [2.45, 2.75) is 13.5 Å². The van der Waals surface area contributed by atoms with Gasteiger partial charge in [-0.25, -0.2) is 13.6 Å². The smallest absolute Gasteiger partial charge is 0.341 e. The van der Waals surface area contributed by atoms with Crippen molar-refractivity contribution in [1.82, 2.24) is 4.57 Å². The van der Waals surface area contributed by atoms with Gasteiger partial charge in [0.1, 0.15) is 17.1 Å². The molecule has 3 rings (SSSR count). The SMILES string of the molecule is CCn1cc(C(=O)O)c(=O)c2cc(F)c(-c3cccc(OC)c3)c(F)c21. The number of hydrogen-bond acceptors (Lipinski definition) is 3. The normalized spacial score (nSPS) is 10.9. The number of hydrogen-bond donors (Lipinski definition) is 1. The molecule has 0 aliphatic carbocycles. The fraction of sp³-hybridized carbons (Fsp3) is 0.158. The van der Waals surface area contributed by atoms with Crippen LogP contribution in [0.4, 0.5) is 8.78 Å². The minimum absolute atomic E-state index is 0.137. The number of benzene rings is 2. The fourth-order valence-corrected chi connectivity index (χ4v) is 2.93. The third kappa shape index (κ3) is 2.71. The molecule has 0 amide bonds. The summed E-state index contributed by atoms with van der Waals surface area (Å²) in [6, 6.07) is 7.12. The minimum Gasteiger partial charge on any atom is -0.497 e. The van der Waals surface area contributed by atoms with Crippen LogP contribution >= 0.6 is 0 Å². The van der Waals surface area contributed by atoms with Gasteiger partial charge in [-0.2, -0.15) is 0 Å². The molecular weight excluding hydrogens is 344 g/mol. The van der Waals surface area contributed by atoms with Crippen molar-refractivity contribution in [2.24, 2.45) is 0 Å². The number of ether oxygens (including phenoxy) is 1. The first-order valence-electron chi connectivity index (χ1n) is 7.81. The number of aryl methyl sites for hydroxylation is 1. The van der Waals surface area contributed by atoms with Crippen LogP contribution in [-0.4, -0.2) is 22.8 Å². The average Bonchev–Trinajstić information content (AvgIpc) is 2.62. The van der Waals surface area contributed by atoms with E-state index in [4.69, 9.17) is 9.84 Å². The molecule has 26 heavy (non-hydrogen) atoms. The lowest BCUT2D eigenvalue weighted by Crippen LogP contribution is -2.20. The Morgan fingerprint density at radius 3 is 2.62 bits per heavy atom. The van der Waals surface area contributed by atoms with Crippen molar-refractivity contribution in [3.05, 3.63) is 63.9 Å². The summed E-state index contributed by atoms with van der Waals surface area (Å²) in [6.07, 6.45) is 1.07. The predicted molar refractivity (Wildman–Crippen MR) is 92.7 cm³/mol. The molecule has 0 aliphatic heterocycles. The molecule has 1 aromatic heterocycles. The van der Waals surface area contributed by atoms with E-state index in [2.05, 4.69) is 0 Å². The number of aromatic carboxylic acids is 1. The molecule has 7 heteroatoms. The second-order valence-electron chi connectivity index (χ2n) is 5.64. The number of carboxylic acid groups (broad SMARTS) is 1. The maximum Gasteiger partial charge on any atom is 0.341 e. The van der Waals surface area contributed by atoms with Gasteiger partial charge in [0.15, 0.2) is 5.82 Å². The van der Waals surface area contributed by atoms with Gasteiger partial charge < -0.3 is 14.4 Å². The number of pyridine rings is 1. The van der Waals surface area contributed by atoms with Crippen molar-refractivity contribution in [3.63, 3.8) is 0 Å². The maximum absolute atomic E-state index is 15.2. The van der Waals surface area contributed by atoms with Crippen LogP contribution in [0.3, 0.4) is 0 Å². The number of rotatable bonds is 4. The molecule has 134 valence electrons. The molecule has 3 aromatic rings. The molecular formula is C19H15F2NO4. The molecule has 0 fully saturated rings. The Kier molecular flexibility index (Phi) is 4.46. The number of fused-ring (bicyclic) bond motifs is 1. The first-order valence-corrected chi connectivity index (χ1v) is 7.81. The van der Waals surface area contributed by atoms with Crippen LogP contribution in [-0.2, 0) is 6.54 Å². The number of methoxy groups -OCH3 is 1. The van der Waals surface area contributed by atoms with E-state index in [1.54, 1.807) is 19.1 Å². The lowest BCUT2D eigenvalue weighted by Gasteiger charge is -2.14. The van der Waals surface area contributed by atoms with Crippen LogP contribution in [0.1, 0.15) is 17.3 Å². The van der Waals surface area contributed by atoms with E-state index in [0.29, 0.717) is 5.75 Å². The van der Waals surface area contributed by atoms with Crippen LogP contribution in [0.2, 0.25) is 0 Å². The summed E-state index contributed by atoms with van der Waals surface area (Å²) in [5.41, 5.74) is -1.65. The van der Waals surface area contributed by atoms with E-state index >= 15 is 4.39 Å². The fourth-order valence-electron chi connectivity index (χ4n) is 2.93. The van der Waals surface area contributed by atoms with E-state index in [-0.39, 0.29) is 28.6 Å². The van der Waals surface area contributed by atoms with Gasteiger partial charge in [0.2, 0.25) is 5.43 Å². The quantitative estimate of drug-likeness (QED) is 0.772. The van der Waals surface area contributed by atoms with E-state index in [0.717, 1.165) is 12.3 Å². The molecule has 2 aromatic carbocycles. The summed E-state index contributed by atoms with van der Waals surface area (Å²) in [5.74, 6) is -2.90. The second-order valence-corrected chi connectivity index (χ2v) is 5.64. The van der Waals surface area contributed by atoms with Gasteiger partial charge >= 0.3 is 5.97 Å². The van der Waals surface area contributed by atoms with Gasteiger partial charge in [0.05, 0.1) is 23.6 Å². The van der Waals surface area contributed by atoms with Crippen LogP contribution < -0.4 is 10.2 Å². The highest BCUT2D eigenvalue weighted by molar-refractivity contribution is 5.94. The minimum atomic E-state index is -1.45. The molecule has 0 unspecified atom stereocenters. The van der Waals surface area contributed by atoms with Gasteiger partial charge in [-0.1, -0.05) is 12.1 Å². The third-order valence-corrected chi connectivity index (χ3v) is 4.18. The largest absolute Gasteiger partial charge is 0.497 e. The Balaban J connectivity index is 2.43. The van der Waals surface area contributed by atoms with Gasteiger partial charge in [-0.15, -0.1) is 0 Å². The van der Waals surface area contributed by atoms with Crippen molar-refractivity contribution in [3.8, 4) is 16.9 Å². The molecule has 0 bridgehead atoms. The summed E-state index contributed by atoms with van der Waals surface area (Å²) in [7, 11) is 1.44. The highest BCUT2D eigenvalue weighted by Crippen LogP contribution is 2.32. The maximum atomic E-state index is 15.2. The molecule has 0 radical (unpaired) electrons. The van der Waals surface area contributed by atoms with Crippen LogP contribution in [0, 0.1) is 11.6 Å². The lowest BCUT2D eigenvalue weighted by atomic mass is 10.0.